The molecule has 4 aliphatic rings. The molecule has 87 heavy (non-hydrogen) atoms. The number of ether oxygens (including phenoxy) is 6. The molecule has 464 valence electrons. The van der Waals surface area contributed by atoms with Gasteiger partial charge in [0, 0.05) is 68.9 Å². The fourth-order valence-electron chi connectivity index (χ4n) is 12.1. The molecule has 23 nitrogen and oxygen atoms in total. The number of likely N-dealkylation sites (N-methyl/N-ethyl adjacent to an activating group) is 2. The molecule has 2 aliphatic carbocycles. The van der Waals surface area contributed by atoms with Crippen LogP contribution in [0.1, 0.15) is 91.8 Å². The second kappa shape index (κ2) is 30.4. The van der Waals surface area contributed by atoms with Gasteiger partial charge in [0.1, 0.15) is 36.5 Å². The number of unbranched alkanes of at least 4 members (excludes halogenated alkanes) is 1. The van der Waals surface area contributed by atoms with Crippen molar-refractivity contribution in [1.82, 2.24) is 31.1 Å². The van der Waals surface area contributed by atoms with Gasteiger partial charge in [-0.3, -0.25) is 38.7 Å². The van der Waals surface area contributed by atoms with Crippen molar-refractivity contribution in [2.45, 2.75) is 101 Å². The van der Waals surface area contributed by atoms with Crippen LogP contribution in [0.15, 0.2) is 114 Å². The van der Waals surface area contributed by atoms with Crippen molar-refractivity contribution in [2.24, 2.45) is 34.2 Å². The van der Waals surface area contributed by atoms with Gasteiger partial charge in [-0.2, -0.15) is 0 Å². The van der Waals surface area contributed by atoms with Crippen LogP contribution >= 0.6 is 0 Å². The van der Waals surface area contributed by atoms with Gasteiger partial charge in [-0.15, -0.1) is 0 Å². The number of Topliss-reactive ketones (excluding diaryl/α,β-unsaturated/α-hetero) is 1. The lowest BCUT2D eigenvalue weighted by atomic mass is 9.53. The summed E-state index contributed by atoms with van der Waals surface area (Å²) in [5.41, 5.74) is 13.9. The number of carbonyl (C=O) groups excluding carboxylic acids is 8. The Morgan fingerprint density at radius 1 is 0.793 bits per heavy atom. The molecule has 2 aliphatic heterocycles. The first-order chi connectivity index (χ1) is 41.9. The number of ketones is 1. The Hall–Kier alpha value is -8.99. The van der Waals surface area contributed by atoms with Gasteiger partial charge in [-0.25, -0.2) is 9.59 Å². The van der Waals surface area contributed by atoms with Crippen LogP contribution in [0, 0.1) is 17.8 Å². The molecular formula is C64H79N9O14. The highest BCUT2D eigenvalue weighted by Gasteiger charge is 2.65. The molecule has 0 radical (unpaired) electrons. The van der Waals surface area contributed by atoms with Crippen LogP contribution in [0.25, 0.3) is 0 Å². The van der Waals surface area contributed by atoms with E-state index in [1.165, 1.54) is 14.0 Å². The number of nitrogens with two attached hydrogens (primary N) is 2. The van der Waals surface area contributed by atoms with E-state index in [0.717, 1.165) is 41.0 Å². The van der Waals surface area contributed by atoms with Gasteiger partial charge >= 0.3 is 18.0 Å². The molecule has 1 spiro atoms. The van der Waals surface area contributed by atoms with Gasteiger partial charge in [0.05, 0.1) is 32.2 Å². The van der Waals surface area contributed by atoms with Crippen molar-refractivity contribution >= 4 is 53.4 Å². The highest BCUT2D eigenvalue weighted by atomic mass is 16.6. The summed E-state index contributed by atoms with van der Waals surface area (Å²) in [6.45, 7) is 1.83. The number of esters is 2. The Morgan fingerprint density at radius 3 is 2.22 bits per heavy atom. The Balaban J connectivity index is 0.919. The number of likely N-dealkylation sites (tertiary alicyclic amines) is 1. The third kappa shape index (κ3) is 16.5. The number of methoxy groups -OCH3 is 1. The summed E-state index contributed by atoms with van der Waals surface area (Å²) in [5, 5.41) is 11.0. The number of hydrogen-bond acceptors (Lipinski definition) is 16. The monoisotopic (exact) mass is 1200 g/mol. The summed E-state index contributed by atoms with van der Waals surface area (Å²) in [4.78, 5) is 115. The summed E-state index contributed by atoms with van der Waals surface area (Å²) in [7, 11) is 5.13. The van der Waals surface area contributed by atoms with Crippen molar-refractivity contribution in [2.75, 3.05) is 67.1 Å². The SMILES string of the molecule is COc1ccc2c3c1O[C@H]1C(OC(=O)N(C)[C@@H](CNC(=O)[C@@H](CCCN=C(N)N)CC(=O)CNC(C)=O)C(=O)NCCCC[C@H](CC(=O)OCc4ccccc4)C(=O)NCCOc4ccc(C(=O)Oc5ccccc5)cc4)=CC[C@H]4[C@@H](C2)N(C)CC[C@]314. The van der Waals surface area contributed by atoms with Crippen LogP contribution in [0.3, 0.4) is 0 Å². The van der Waals surface area contributed by atoms with E-state index in [1.807, 2.05) is 48.5 Å². The molecule has 0 aromatic heterocycles. The number of nitrogens with one attached hydrogen (secondary N) is 4. The maximum Gasteiger partial charge on any atom is 0.415 e. The zero-order valence-electron chi connectivity index (χ0n) is 49.7. The lowest BCUT2D eigenvalue weighted by Gasteiger charge is -2.56. The summed E-state index contributed by atoms with van der Waals surface area (Å²) in [6, 6.07) is 27.1. The Labute approximate surface area is 506 Å². The average Bonchev–Trinajstić information content (AvgIpc) is 1.59. The molecule has 0 saturated carbocycles. The van der Waals surface area contributed by atoms with Gasteiger partial charge in [0.15, 0.2) is 29.3 Å². The Morgan fingerprint density at radius 2 is 1.49 bits per heavy atom. The highest BCUT2D eigenvalue weighted by Crippen LogP contribution is 2.64. The lowest BCUT2D eigenvalue weighted by Crippen LogP contribution is -2.63. The molecule has 5 amide bonds. The normalized spacial score (nSPS) is 18.7. The van der Waals surface area contributed by atoms with Crippen LogP contribution in [-0.2, 0) is 56.7 Å². The molecule has 2 heterocycles. The number of para-hydroxylation sites is 1. The molecule has 4 aromatic rings. The van der Waals surface area contributed by atoms with Gasteiger partial charge in [-0.1, -0.05) is 61.0 Å². The zero-order valence-corrected chi connectivity index (χ0v) is 49.7. The fraction of sp³-hybridized carbons (Fsp3) is 0.453. The van der Waals surface area contributed by atoms with Gasteiger partial charge in [-0.05, 0) is 124 Å². The van der Waals surface area contributed by atoms with Crippen molar-refractivity contribution in [1.29, 1.82) is 0 Å². The molecule has 1 saturated heterocycles. The minimum absolute atomic E-state index is 0.0207. The van der Waals surface area contributed by atoms with E-state index in [9.17, 15) is 38.4 Å². The fourth-order valence-corrected chi connectivity index (χ4v) is 12.1. The Bertz CT molecular complexity index is 3160. The molecular weight excluding hydrogens is 1120 g/mol. The number of aliphatic imine (C=N–C) groups is 1. The predicted octanol–water partition coefficient (Wildman–Crippen LogP) is 4.63. The zero-order chi connectivity index (χ0) is 62.0. The van der Waals surface area contributed by atoms with Crippen molar-refractivity contribution < 1.29 is 66.8 Å². The van der Waals surface area contributed by atoms with Gasteiger partial charge in [0.25, 0.3) is 0 Å². The van der Waals surface area contributed by atoms with E-state index >= 15 is 0 Å². The van der Waals surface area contributed by atoms with E-state index in [-0.39, 0.29) is 83.0 Å². The number of piperidine rings is 1. The van der Waals surface area contributed by atoms with Crippen LogP contribution in [0.4, 0.5) is 4.79 Å². The highest BCUT2D eigenvalue weighted by molar-refractivity contribution is 5.92. The van der Waals surface area contributed by atoms with E-state index < -0.39 is 83.4 Å². The number of allylic oxidation sites excluding steroid dienone is 1. The lowest BCUT2D eigenvalue weighted by molar-refractivity contribution is -0.148. The molecule has 0 unspecified atom stereocenters. The standard InChI is InChI=1S/C64H79N9O14/c1-40(74)70-37-46(75)34-44(17-13-30-69-62(65)66)59(78)71-38-51(73(3)63(81)86-53-27-25-49-50-35-43-22-26-52(82-4)56-55(43)64(49,57(53)87-56)28-32-72(50)2)60(79)67-29-12-11-16-45(36-54(76)84-39-41-14-7-5-8-15-41)58(77)68-31-33-83-47-23-20-42(21-24-47)61(80)85-48-18-9-6-10-19-48/h5-10,14-15,18-24,26-27,44-45,49-51,57H,11-13,16-17,25,28-39H2,1-4H3,(H,67,79)(H,68,77)(H,70,74)(H,71,78)(H4,65,66,69)/t44-,45+,49-,50+,51-,57-,64-/m0/s1. The molecule has 8 rings (SSSR count). The summed E-state index contributed by atoms with van der Waals surface area (Å²) in [5.74, 6) is -2.84. The van der Waals surface area contributed by atoms with Crippen molar-refractivity contribution in [3.8, 4) is 23.0 Å². The number of benzene rings is 4. The molecule has 23 heteroatoms. The first-order valence-electron chi connectivity index (χ1n) is 29.5. The minimum atomic E-state index is -1.35. The Kier molecular flexibility index (Phi) is 22.4. The number of rotatable bonds is 31. The van der Waals surface area contributed by atoms with Crippen LogP contribution in [-0.4, -0.2) is 148 Å². The largest absolute Gasteiger partial charge is 0.493 e. The van der Waals surface area contributed by atoms with E-state index in [0.29, 0.717) is 60.0 Å². The van der Waals surface area contributed by atoms with Crippen molar-refractivity contribution in [3.05, 3.63) is 131 Å². The molecule has 1 fully saturated rings. The van der Waals surface area contributed by atoms with Gasteiger partial charge < -0.3 is 66.1 Å². The minimum Gasteiger partial charge on any atom is -0.493 e. The van der Waals surface area contributed by atoms with E-state index in [1.54, 1.807) is 55.6 Å². The quantitative estimate of drug-likeness (QED) is 0.0132. The average molecular weight is 1200 g/mol. The number of hydrogen-bond donors (Lipinski definition) is 6. The number of nitrogens with zero attached hydrogens (tertiary/aromatic N) is 3. The summed E-state index contributed by atoms with van der Waals surface area (Å²) < 4.78 is 35.7. The predicted molar refractivity (Wildman–Crippen MR) is 320 cm³/mol. The molecule has 4 aromatic carbocycles. The smallest absolute Gasteiger partial charge is 0.415 e. The maximum atomic E-state index is 14.6. The number of carbonyl (C=O) groups is 8. The maximum absolute atomic E-state index is 14.6. The molecule has 2 bridgehead atoms. The third-order valence-corrected chi connectivity index (χ3v) is 16.6. The molecule has 7 atom stereocenters. The summed E-state index contributed by atoms with van der Waals surface area (Å²) in [6.07, 6.45) is 3.54. The van der Waals surface area contributed by atoms with Crippen molar-refractivity contribution in [3.63, 3.8) is 0 Å². The van der Waals surface area contributed by atoms with Gasteiger partial charge in [0.2, 0.25) is 23.6 Å². The first-order valence-corrected chi connectivity index (χ1v) is 29.5. The second-order valence-corrected chi connectivity index (χ2v) is 22.4. The molecule has 8 N–H and O–H groups in total. The first kappa shape index (κ1) is 64.0. The second-order valence-electron chi connectivity index (χ2n) is 22.4. The van der Waals surface area contributed by atoms with Crippen LogP contribution in [0.5, 0.6) is 23.0 Å². The van der Waals surface area contributed by atoms with Crippen LogP contribution in [0.2, 0.25) is 0 Å². The topological polar surface area (TPSA) is 311 Å². The number of guanidine groups is 1. The number of amides is 5. The van der Waals surface area contributed by atoms with E-state index in [2.05, 4.69) is 44.3 Å². The van der Waals surface area contributed by atoms with Crippen LogP contribution < -0.4 is 51.7 Å². The summed E-state index contributed by atoms with van der Waals surface area (Å²) >= 11 is 0. The third-order valence-electron chi connectivity index (χ3n) is 16.6. The van der Waals surface area contributed by atoms with E-state index in [4.69, 9.17) is 39.9 Å².